The fourth-order valence-corrected chi connectivity index (χ4v) is 3.66. The zero-order valence-electron chi connectivity index (χ0n) is 13.1. The lowest BCUT2D eigenvalue weighted by Crippen LogP contribution is -2.14. The van der Waals surface area contributed by atoms with Crippen LogP contribution in [-0.2, 0) is 11.2 Å². The minimum Gasteiger partial charge on any atom is -0.493 e. The molecule has 8 heteroatoms. The molecule has 1 N–H and O–H groups in total. The second-order valence-corrected chi connectivity index (χ2v) is 6.73. The first-order chi connectivity index (χ1) is 11.7. The Morgan fingerprint density at radius 3 is 2.71 bits per heavy atom. The number of amides is 1. The van der Waals surface area contributed by atoms with Gasteiger partial charge in [0.15, 0.2) is 16.5 Å². The van der Waals surface area contributed by atoms with Gasteiger partial charge in [-0.2, -0.15) is 0 Å². The van der Waals surface area contributed by atoms with Crippen LogP contribution in [-0.4, -0.2) is 30.3 Å². The first-order valence-corrected chi connectivity index (χ1v) is 8.77. The van der Waals surface area contributed by atoms with E-state index < -0.39 is 0 Å². The molecular weight excluding hydrogens is 346 g/mol. The van der Waals surface area contributed by atoms with Gasteiger partial charge in [0.05, 0.1) is 25.5 Å². The molecule has 6 nitrogen and oxygen atoms in total. The summed E-state index contributed by atoms with van der Waals surface area (Å²) in [5.74, 6) is 1.07. The van der Waals surface area contributed by atoms with Crippen molar-refractivity contribution in [2.75, 3.05) is 19.5 Å². The van der Waals surface area contributed by atoms with E-state index in [1.165, 1.54) is 11.3 Å². The monoisotopic (exact) mass is 361 g/mol. The quantitative estimate of drug-likeness (QED) is 0.728. The summed E-state index contributed by atoms with van der Waals surface area (Å²) < 4.78 is 10.4. The largest absolute Gasteiger partial charge is 0.493 e. The predicted octanol–water partition coefficient (Wildman–Crippen LogP) is 3.47. The lowest BCUT2D eigenvalue weighted by atomic mass is 10.1. The number of carbonyl (C=O) groups excluding carboxylic acids is 1. The first kappa shape index (κ1) is 16.4. The summed E-state index contributed by atoms with van der Waals surface area (Å²) in [6.07, 6.45) is 0.217. The third-order valence-electron chi connectivity index (χ3n) is 3.22. The molecule has 0 aliphatic rings. The van der Waals surface area contributed by atoms with Crippen LogP contribution >= 0.6 is 22.7 Å². The second kappa shape index (κ2) is 7.41. The predicted molar refractivity (Wildman–Crippen MR) is 95.1 cm³/mol. The van der Waals surface area contributed by atoms with E-state index in [4.69, 9.17) is 9.47 Å². The van der Waals surface area contributed by atoms with Crippen LogP contribution in [0.15, 0.2) is 35.7 Å². The van der Waals surface area contributed by atoms with Crippen LogP contribution in [0.4, 0.5) is 5.13 Å². The highest BCUT2D eigenvalue weighted by Gasteiger charge is 2.12. The number of carbonyl (C=O) groups is 1. The fraction of sp³-hybridized carbons (Fsp3) is 0.188. The van der Waals surface area contributed by atoms with E-state index in [0.717, 1.165) is 15.4 Å². The van der Waals surface area contributed by atoms with Crippen LogP contribution in [0.25, 0.3) is 9.88 Å². The van der Waals surface area contributed by atoms with Crippen LogP contribution in [0.1, 0.15) is 5.56 Å². The summed E-state index contributed by atoms with van der Waals surface area (Å²) >= 11 is 2.94. The molecule has 24 heavy (non-hydrogen) atoms. The fourth-order valence-electron chi connectivity index (χ4n) is 2.11. The smallest absolute Gasteiger partial charge is 0.230 e. The SMILES string of the molecule is COc1ccc(CC(=O)Nc2nnc(-c3cccs3)s2)cc1OC. The topological polar surface area (TPSA) is 73.3 Å². The minimum absolute atomic E-state index is 0.156. The van der Waals surface area contributed by atoms with E-state index in [-0.39, 0.29) is 12.3 Å². The maximum absolute atomic E-state index is 12.2. The molecule has 0 spiro atoms. The highest BCUT2D eigenvalue weighted by atomic mass is 32.1. The lowest BCUT2D eigenvalue weighted by Gasteiger charge is -2.09. The van der Waals surface area contributed by atoms with Crippen LogP contribution in [0.3, 0.4) is 0 Å². The van der Waals surface area contributed by atoms with Gasteiger partial charge in [-0.3, -0.25) is 4.79 Å². The highest BCUT2D eigenvalue weighted by molar-refractivity contribution is 7.23. The molecule has 0 aliphatic heterocycles. The van der Waals surface area contributed by atoms with Gasteiger partial charge in [-0.15, -0.1) is 21.5 Å². The average Bonchev–Trinajstić information content (AvgIpc) is 3.25. The maximum Gasteiger partial charge on any atom is 0.230 e. The molecule has 1 amide bonds. The molecule has 0 fully saturated rings. The van der Waals surface area contributed by atoms with Gasteiger partial charge in [-0.1, -0.05) is 23.5 Å². The van der Waals surface area contributed by atoms with Crippen molar-refractivity contribution in [3.63, 3.8) is 0 Å². The van der Waals surface area contributed by atoms with Crippen molar-refractivity contribution >= 4 is 33.7 Å². The number of methoxy groups -OCH3 is 2. The number of thiophene rings is 1. The average molecular weight is 361 g/mol. The van der Waals surface area contributed by atoms with Gasteiger partial charge in [0.25, 0.3) is 0 Å². The number of nitrogens with one attached hydrogen (secondary N) is 1. The van der Waals surface area contributed by atoms with Crippen molar-refractivity contribution in [3.8, 4) is 21.4 Å². The molecule has 124 valence electrons. The number of ether oxygens (including phenoxy) is 2. The van der Waals surface area contributed by atoms with E-state index in [0.29, 0.717) is 16.6 Å². The van der Waals surface area contributed by atoms with E-state index in [2.05, 4.69) is 15.5 Å². The number of hydrogen-bond donors (Lipinski definition) is 1. The number of rotatable bonds is 6. The lowest BCUT2D eigenvalue weighted by molar-refractivity contribution is -0.115. The van der Waals surface area contributed by atoms with Crippen LogP contribution in [0, 0.1) is 0 Å². The molecule has 2 aromatic heterocycles. The summed E-state index contributed by atoms with van der Waals surface area (Å²) in [5.41, 5.74) is 0.827. The minimum atomic E-state index is -0.156. The standard InChI is InChI=1S/C16H15N3O3S2/c1-21-11-6-5-10(8-12(11)22-2)9-14(20)17-16-19-18-15(24-16)13-4-3-7-23-13/h3-8H,9H2,1-2H3,(H,17,19,20). The van der Waals surface area contributed by atoms with Gasteiger partial charge in [-0.05, 0) is 29.1 Å². The van der Waals surface area contributed by atoms with E-state index in [1.54, 1.807) is 37.7 Å². The number of benzene rings is 1. The molecule has 0 radical (unpaired) electrons. The van der Waals surface area contributed by atoms with Gasteiger partial charge in [0, 0.05) is 0 Å². The highest BCUT2D eigenvalue weighted by Crippen LogP contribution is 2.30. The Hall–Kier alpha value is -2.45. The molecule has 0 saturated carbocycles. The van der Waals surface area contributed by atoms with E-state index in [1.807, 2.05) is 23.6 Å². The van der Waals surface area contributed by atoms with Crippen molar-refractivity contribution in [3.05, 3.63) is 41.3 Å². The molecule has 3 rings (SSSR count). The number of anilines is 1. The Balaban J connectivity index is 1.65. The van der Waals surface area contributed by atoms with Crippen LogP contribution < -0.4 is 14.8 Å². The summed E-state index contributed by atoms with van der Waals surface area (Å²) in [4.78, 5) is 13.2. The molecule has 0 unspecified atom stereocenters. The third kappa shape index (κ3) is 3.72. The van der Waals surface area contributed by atoms with Gasteiger partial charge < -0.3 is 14.8 Å². The van der Waals surface area contributed by atoms with Gasteiger partial charge in [0.2, 0.25) is 11.0 Å². The van der Waals surface area contributed by atoms with Gasteiger partial charge in [-0.25, -0.2) is 0 Å². The molecule has 0 bridgehead atoms. The summed E-state index contributed by atoms with van der Waals surface area (Å²) in [6, 6.07) is 9.33. The first-order valence-electron chi connectivity index (χ1n) is 7.07. The number of aromatic nitrogens is 2. The van der Waals surface area contributed by atoms with E-state index >= 15 is 0 Å². The van der Waals surface area contributed by atoms with Crippen molar-refractivity contribution in [2.45, 2.75) is 6.42 Å². The molecule has 2 heterocycles. The molecule has 1 aromatic carbocycles. The molecule has 3 aromatic rings. The van der Waals surface area contributed by atoms with Crippen molar-refractivity contribution < 1.29 is 14.3 Å². The van der Waals surface area contributed by atoms with E-state index in [9.17, 15) is 4.79 Å². The zero-order valence-corrected chi connectivity index (χ0v) is 14.7. The summed E-state index contributed by atoms with van der Waals surface area (Å²) in [7, 11) is 3.14. The summed E-state index contributed by atoms with van der Waals surface area (Å²) in [6.45, 7) is 0. The number of hydrogen-bond acceptors (Lipinski definition) is 7. The molecule has 0 aliphatic carbocycles. The van der Waals surface area contributed by atoms with Crippen LogP contribution in [0.2, 0.25) is 0 Å². The molecular formula is C16H15N3O3S2. The maximum atomic E-state index is 12.2. The Kier molecular flexibility index (Phi) is 5.07. The van der Waals surface area contributed by atoms with Gasteiger partial charge >= 0.3 is 0 Å². The second-order valence-electron chi connectivity index (χ2n) is 4.80. The Morgan fingerprint density at radius 2 is 2.00 bits per heavy atom. The summed E-state index contributed by atoms with van der Waals surface area (Å²) in [5, 5.41) is 14.2. The normalized spacial score (nSPS) is 10.4. The molecule has 0 atom stereocenters. The Bertz CT molecular complexity index is 831. The third-order valence-corrected chi connectivity index (χ3v) is 5.09. The Labute approximate surface area is 147 Å². The number of nitrogens with zero attached hydrogens (tertiary/aromatic N) is 2. The van der Waals surface area contributed by atoms with Crippen molar-refractivity contribution in [1.29, 1.82) is 0 Å². The zero-order chi connectivity index (χ0) is 16.9. The Morgan fingerprint density at radius 1 is 1.17 bits per heavy atom. The molecule has 0 saturated heterocycles. The van der Waals surface area contributed by atoms with Gasteiger partial charge in [0.1, 0.15) is 0 Å². The van der Waals surface area contributed by atoms with Crippen LogP contribution in [0.5, 0.6) is 11.5 Å². The van der Waals surface area contributed by atoms with Crippen molar-refractivity contribution in [1.82, 2.24) is 10.2 Å². The van der Waals surface area contributed by atoms with Crippen molar-refractivity contribution in [2.24, 2.45) is 0 Å².